The highest BCUT2D eigenvalue weighted by molar-refractivity contribution is 5.85. The van der Waals surface area contributed by atoms with Gasteiger partial charge in [-0.2, -0.15) is 0 Å². The van der Waals surface area contributed by atoms with Crippen molar-refractivity contribution in [3.63, 3.8) is 0 Å². The third-order valence-corrected chi connectivity index (χ3v) is 3.57. The third-order valence-electron chi connectivity index (χ3n) is 3.57. The topological polar surface area (TPSA) is 49.3 Å². The van der Waals surface area contributed by atoms with Gasteiger partial charge < -0.3 is 18.9 Å². The van der Waals surface area contributed by atoms with Crippen LogP contribution in [0.2, 0.25) is 0 Å². The van der Waals surface area contributed by atoms with E-state index in [4.69, 9.17) is 18.9 Å². The molecule has 0 aromatic carbocycles. The van der Waals surface area contributed by atoms with Crippen LogP contribution in [0.5, 0.6) is 0 Å². The summed E-state index contributed by atoms with van der Waals surface area (Å²) in [6.07, 6.45) is 3.52. The van der Waals surface area contributed by atoms with E-state index in [1.165, 1.54) is 5.71 Å². The molecule has 19 heavy (non-hydrogen) atoms. The van der Waals surface area contributed by atoms with Crippen molar-refractivity contribution in [1.82, 2.24) is 0 Å². The molecule has 5 nitrogen and oxygen atoms in total. The molecule has 0 bridgehead atoms. The molecule has 0 aromatic rings. The Morgan fingerprint density at radius 1 is 1.11 bits per heavy atom. The average Bonchev–Trinajstić information content (AvgIpc) is 2.87. The fourth-order valence-corrected chi connectivity index (χ4v) is 2.59. The van der Waals surface area contributed by atoms with E-state index >= 15 is 0 Å². The van der Waals surface area contributed by atoms with Crippen molar-refractivity contribution in [3.8, 4) is 0 Å². The summed E-state index contributed by atoms with van der Waals surface area (Å²) in [5, 5.41) is 0. The summed E-state index contributed by atoms with van der Waals surface area (Å²) in [7, 11) is 0. The molecule has 0 unspecified atom stereocenters. The van der Waals surface area contributed by atoms with Gasteiger partial charge in [0.25, 0.3) is 0 Å². The second-order valence-corrected chi connectivity index (χ2v) is 4.85. The number of hydrogen-bond acceptors (Lipinski definition) is 5. The van der Waals surface area contributed by atoms with Gasteiger partial charge in [-0.15, -0.1) is 0 Å². The number of aliphatic imine (C=N–C) groups is 1. The summed E-state index contributed by atoms with van der Waals surface area (Å²) in [6, 6.07) is 0. The number of nitrogens with zero attached hydrogens (tertiary/aromatic N) is 1. The van der Waals surface area contributed by atoms with Crippen LogP contribution in [0.4, 0.5) is 0 Å². The maximum absolute atomic E-state index is 5.71. The summed E-state index contributed by atoms with van der Waals surface area (Å²) in [5.41, 5.74) is 1.23. The minimum atomic E-state index is -0.307. The quantitative estimate of drug-likeness (QED) is 0.695. The molecule has 1 heterocycles. The maximum atomic E-state index is 5.71. The molecule has 0 N–H and O–H groups in total. The Bertz CT molecular complexity index is 282. The van der Waals surface area contributed by atoms with Crippen LogP contribution in [-0.4, -0.2) is 50.8 Å². The maximum Gasteiger partial charge on any atom is 0.176 e. The largest absolute Gasteiger partial charge is 0.351 e. The van der Waals surface area contributed by atoms with Crippen molar-refractivity contribution in [2.45, 2.75) is 51.6 Å². The number of ether oxygens (including phenoxy) is 4. The van der Waals surface area contributed by atoms with Gasteiger partial charge in [0, 0.05) is 31.8 Å². The van der Waals surface area contributed by atoms with E-state index in [0.717, 1.165) is 38.9 Å². The Morgan fingerprint density at radius 3 is 2.21 bits per heavy atom. The molecule has 1 spiro atoms. The van der Waals surface area contributed by atoms with Crippen LogP contribution >= 0.6 is 0 Å². The Balaban J connectivity index is 1.77. The summed E-state index contributed by atoms with van der Waals surface area (Å²) in [4.78, 5) is 4.63. The third kappa shape index (κ3) is 4.24. The normalized spacial score (nSPS) is 22.4. The van der Waals surface area contributed by atoms with Crippen LogP contribution in [0, 0.1) is 0 Å². The first-order valence-corrected chi connectivity index (χ1v) is 7.31. The minimum absolute atomic E-state index is 0.211. The van der Waals surface area contributed by atoms with E-state index < -0.39 is 0 Å². The Labute approximate surface area is 115 Å². The first kappa shape index (κ1) is 14.9. The van der Waals surface area contributed by atoms with Gasteiger partial charge in [0.05, 0.1) is 19.8 Å². The zero-order chi connectivity index (χ0) is 13.6. The zero-order valence-electron chi connectivity index (χ0n) is 12.0. The number of hydrogen-bond donors (Lipinski definition) is 0. The lowest BCUT2D eigenvalue weighted by Crippen LogP contribution is -2.35. The molecule has 5 heteroatoms. The molecule has 2 aliphatic rings. The van der Waals surface area contributed by atoms with Gasteiger partial charge in [0.2, 0.25) is 0 Å². The molecule has 1 aliphatic carbocycles. The van der Waals surface area contributed by atoms with Crippen LogP contribution in [0.25, 0.3) is 0 Å². The van der Waals surface area contributed by atoms with Crippen LogP contribution in [0.1, 0.15) is 39.5 Å². The molecule has 1 saturated carbocycles. The summed E-state index contributed by atoms with van der Waals surface area (Å²) in [6.45, 7) is 7.29. The van der Waals surface area contributed by atoms with Crippen LogP contribution < -0.4 is 0 Å². The molecule has 0 radical (unpaired) electrons. The standard InChI is InChI=1S/C14H25NO4/c1-3-16-13(17-4-2)11-15-12-5-7-14(8-6-12)18-9-10-19-14/h13H,3-11H2,1-2H3. The predicted molar refractivity (Wildman–Crippen MR) is 72.4 cm³/mol. The average molecular weight is 271 g/mol. The van der Waals surface area contributed by atoms with Crippen molar-refractivity contribution < 1.29 is 18.9 Å². The molecule has 1 aliphatic heterocycles. The molecule has 1 saturated heterocycles. The zero-order valence-corrected chi connectivity index (χ0v) is 12.0. The van der Waals surface area contributed by atoms with Gasteiger partial charge in [-0.1, -0.05) is 0 Å². The summed E-state index contributed by atoms with van der Waals surface area (Å²) < 4.78 is 22.4. The lowest BCUT2D eigenvalue weighted by molar-refractivity contribution is -0.167. The van der Waals surface area contributed by atoms with Gasteiger partial charge in [0.1, 0.15) is 0 Å². The Kier molecular flexibility index (Phi) is 5.76. The molecule has 0 aromatic heterocycles. The molecular formula is C14H25NO4. The minimum Gasteiger partial charge on any atom is -0.351 e. The SMILES string of the molecule is CCOC(CN=C1CCC2(CC1)OCCO2)OCC. The molecule has 2 fully saturated rings. The molecular weight excluding hydrogens is 246 g/mol. The van der Waals surface area contributed by atoms with Crippen LogP contribution in [-0.2, 0) is 18.9 Å². The lowest BCUT2D eigenvalue weighted by Gasteiger charge is -2.32. The fourth-order valence-electron chi connectivity index (χ4n) is 2.59. The second-order valence-electron chi connectivity index (χ2n) is 4.85. The van der Waals surface area contributed by atoms with E-state index in [1.54, 1.807) is 0 Å². The summed E-state index contributed by atoms with van der Waals surface area (Å²) >= 11 is 0. The van der Waals surface area contributed by atoms with E-state index in [-0.39, 0.29) is 12.1 Å². The van der Waals surface area contributed by atoms with Gasteiger partial charge in [-0.05, 0) is 26.7 Å². The highest BCUT2D eigenvalue weighted by Crippen LogP contribution is 2.34. The van der Waals surface area contributed by atoms with Crippen molar-refractivity contribution in [2.75, 3.05) is 33.0 Å². The van der Waals surface area contributed by atoms with E-state index in [9.17, 15) is 0 Å². The monoisotopic (exact) mass is 271 g/mol. The van der Waals surface area contributed by atoms with Crippen molar-refractivity contribution in [2.24, 2.45) is 4.99 Å². The van der Waals surface area contributed by atoms with Crippen molar-refractivity contribution >= 4 is 5.71 Å². The van der Waals surface area contributed by atoms with E-state index in [0.29, 0.717) is 19.8 Å². The molecule has 2 rings (SSSR count). The molecule has 0 atom stereocenters. The highest BCUT2D eigenvalue weighted by atomic mass is 16.7. The first-order valence-electron chi connectivity index (χ1n) is 7.31. The smallest absolute Gasteiger partial charge is 0.176 e. The highest BCUT2D eigenvalue weighted by Gasteiger charge is 2.39. The predicted octanol–water partition coefficient (Wildman–Crippen LogP) is 2.14. The van der Waals surface area contributed by atoms with Crippen molar-refractivity contribution in [3.05, 3.63) is 0 Å². The van der Waals surface area contributed by atoms with E-state index in [1.807, 2.05) is 13.8 Å². The first-order chi connectivity index (χ1) is 9.28. The van der Waals surface area contributed by atoms with Crippen LogP contribution in [0.15, 0.2) is 4.99 Å². The fraction of sp³-hybridized carbons (Fsp3) is 0.929. The van der Waals surface area contributed by atoms with Crippen LogP contribution in [0.3, 0.4) is 0 Å². The van der Waals surface area contributed by atoms with E-state index in [2.05, 4.69) is 4.99 Å². The molecule has 110 valence electrons. The summed E-state index contributed by atoms with van der Waals surface area (Å²) in [5.74, 6) is -0.307. The second kappa shape index (κ2) is 7.33. The van der Waals surface area contributed by atoms with Gasteiger partial charge >= 0.3 is 0 Å². The Morgan fingerprint density at radius 2 is 1.68 bits per heavy atom. The lowest BCUT2D eigenvalue weighted by atomic mass is 9.92. The number of rotatable bonds is 6. The van der Waals surface area contributed by atoms with Crippen molar-refractivity contribution in [1.29, 1.82) is 0 Å². The van der Waals surface area contributed by atoms with Gasteiger partial charge in [-0.25, -0.2) is 0 Å². The van der Waals surface area contributed by atoms with Gasteiger partial charge in [-0.3, -0.25) is 4.99 Å². The Hall–Kier alpha value is -0.490. The molecule has 0 amide bonds. The van der Waals surface area contributed by atoms with Gasteiger partial charge in [0.15, 0.2) is 12.1 Å².